The van der Waals surface area contributed by atoms with Crippen LogP contribution in [0.25, 0.3) is 0 Å². The number of rotatable bonds is 2. The molecule has 0 spiro atoms. The van der Waals surface area contributed by atoms with Gasteiger partial charge in [-0.05, 0) is 28.3 Å². The van der Waals surface area contributed by atoms with Gasteiger partial charge in [-0.3, -0.25) is 0 Å². The fraction of sp³-hybridized carbons (Fsp3) is 0.625. The lowest BCUT2D eigenvalue weighted by atomic mass is 10.1. The molecule has 0 radical (unpaired) electrons. The smallest absolute Gasteiger partial charge is 0.138 e. The van der Waals surface area contributed by atoms with Crippen molar-refractivity contribution in [1.29, 1.82) is 0 Å². The van der Waals surface area contributed by atoms with Crippen molar-refractivity contribution in [3.05, 3.63) is 10.7 Å². The van der Waals surface area contributed by atoms with Gasteiger partial charge < -0.3 is 10.4 Å². The van der Waals surface area contributed by atoms with Crippen molar-refractivity contribution >= 4 is 21.7 Å². The van der Waals surface area contributed by atoms with Gasteiger partial charge in [-0.25, -0.2) is 4.68 Å². The molecule has 13 heavy (non-hydrogen) atoms. The van der Waals surface area contributed by atoms with Gasteiger partial charge in [0.2, 0.25) is 0 Å². The molecule has 2 heterocycles. The number of aliphatic hydroxyl groups excluding tert-OH is 1. The predicted molar refractivity (Wildman–Crippen MR) is 53.6 cm³/mol. The Labute approximate surface area is 85.1 Å². The SMILES string of the molecule is OCCC1CNc2c(Br)cnn2C1. The summed E-state index contributed by atoms with van der Waals surface area (Å²) in [4.78, 5) is 0. The molecule has 0 bridgehead atoms. The van der Waals surface area contributed by atoms with E-state index in [1.54, 1.807) is 6.20 Å². The summed E-state index contributed by atoms with van der Waals surface area (Å²) >= 11 is 3.42. The third kappa shape index (κ3) is 1.71. The number of hydrogen-bond acceptors (Lipinski definition) is 3. The quantitative estimate of drug-likeness (QED) is 0.820. The second-order valence-electron chi connectivity index (χ2n) is 3.28. The molecule has 72 valence electrons. The van der Waals surface area contributed by atoms with Crippen molar-refractivity contribution in [1.82, 2.24) is 9.78 Å². The van der Waals surface area contributed by atoms with Crippen molar-refractivity contribution in [3.8, 4) is 0 Å². The number of aliphatic hydroxyl groups is 1. The van der Waals surface area contributed by atoms with Crippen LogP contribution in [0.15, 0.2) is 10.7 Å². The first-order valence-electron chi connectivity index (χ1n) is 4.37. The molecule has 0 amide bonds. The van der Waals surface area contributed by atoms with Crippen molar-refractivity contribution in [2.45, 2.75) is 13.0 Å². The van der Waals surface area contributed by atoms with E-state index < -0.39 is 0 Å². The first kappa shape index (κ1) is 9.02. The monoisotopic (exact) mass is 245 g/mol. The fourth-order valence-electron chi connectivity index (χ4n) is 1.60. The molecule has 0 saturated heterocycles. The fourth-order valence-corrected chi connectivity index (χ4v) is 2.04. The normalized spacial score (nSPS) is 20.9. The molecule has 1 aliphatic rings. The van der Waals surface area contributed by atoms with Gasteiger partial charge in [-0.15, -0.1) is 0 Å². The molecule has 1 aromatic heterocycles. The topological polar surface area (TPSA) is 50.1 Å². The summed E-state index contributed by atoms with van der Waals surface area (Å²) in [7, 11) is 0. The molecular formula is C8H12BrN3O. The second-order valence-corrected chi connectivity index (χ2v) is 4.14. The Bertz CT molecular complexity index is 300. The van der Waals surface area contributed by atoms with Gasteiger partial charge >= 0.3 is 0 Å². The molecule has 1 atom stereocenters. The number of halogens is 1. The first-order chi connectivity index (χ1) is 6.31. The van der Waals surface area contributed by atoms with E-state index in [4.69, 9.17) is 5.11 Å². The Morgan fingerprint density at radius 2 is 2.62 bits per heavy atom. The Kier molecular flexibility index (Phi) is 2.55. The van der Waals surface area contributed by atoms with Gasteiger partial charge in [0.1, 0.15) is 5.82 Å². The van der Waals surface area contributed by atoms with E-state index in [0.717, 1.165) is 29.8 Å². The minimum absolute atomic E-state index is 0.254. The van der Waals surface area contributed by atoms with E-state index >= 15 is 0 Å². The minimum atomic E-state index is 0.254. The summed E-state index contributed by atoms with van der Waals surface area (Å²) in [6.07, 6.45) is 2.63. The minimum Gasteiger partial charge on any atom is -0.396 e. The maximum atomic E-state index is 8.80. The Morgan fingerprint density at radius 3 is 3.38 bits per heavy atom. The van der Waals surface area contributed by atoms with E-state index in [9.17, 15) is 0 Å². The highest BCUT2D eigenvalue weighted by atomic mass is 79.9. The average Bonchev–Trinajstić information content (AvgIpc) is 2.48. The molecule has 1 unspecified atom stereocenters. The standard InChI is InChI=1S/C8H12BrN3O/c9-7-4-11-12-5-6(1-2-13)3-10-8(7)12/h4,6,10,13H,1-3,5H2. The Balaban J connectivity index is 2.11. The predicted octanol–water partition coefficient (Wildman–Crippen LogP) is 1.07. The molecule has 2 N–H and O–H groups in total. The molecule has 0 aliphatic carbocycles. The maximum absolute atomic E-state index is 8.80. The zero-order valence-corrected chi connectivity index (χ0v) is 8.79. The molecule has 4 nitrogen and oxygen atoms in total. The van der Waals surface area contributed by atoms with Crippen molar-refractivity contribution in [2.75, 3.05) is 18.5 Å². The van der Waals surface area contributed by atoms with E-state index in [1.165, 1.54) is 0 Å². The highest BCUT2D eigenvalue weighted by molar-refractivity contribution is 9.10. The summed E-state index contributed by atoms with van der Waals surface area (Å²) in [5, 5.41) is 16.3. The highest BCUT2D eigenvalue weighted by Gasteiger charge is 2.19. The van der Waals surface area contributed by atoms with Gasteiger partial charge in [0.25, 0.3) is 0 Å². The van der Waals surface area contributed by atoms with Crippen LogP contribution in [0.2, 0.25) is 0 Å². The molecular weight excluding hydrogens is 234 g/mol. The van der Waals surface area contributed by atoms with Crippen LogP contribution in [0, 0.1) is 5.92 Å². The molecule has 5 heteroatoms. The molecule has 0 aromatic carbocycles. The zero-order chi connectivity index (χ0) is 9.26. The van der Waals surface area contributed by atoms with Gasteiger partial charge in [0, 0.05) is 19.7 Å². The van der Waals surface area contributed by atoms with Gasteiger partial charge in [0.15, 0.2) is 0 Å². The lowest BCUT2D eigenvalue weighted by molar-refractivity contribution is 0.244. The third-order valence-corrected chi connectivity index (χ3v) is 2.90. The van der Waals surface area contributed by atoms with Crippen LogP contribution >= 0.6 is 15.9 Å². The zero-order valence-electron chi connectivity index (χ0n) is 7.20. The van der Waals surface area contributed by atoms with Crippen LogP contribution in [0.4, 0.5) is 5.82 Å². The van der Waals surface area contributed by atoms with Crippen LogP contribution < -0.4 is 5.32 Å². The van der Waals surface area contributed by atoms with Gasteiger partial charge in [-0.1, -0.05) is 0 Å². The van der Waals surface area contributed by atoms with Crippen LogP contribution in [-0.4, -0.2) is 28.0 Å². The number of aromatic nitrogens is 2. The van der Waals surface area contributed by atoms with E-state index in [1.807, 2.05) is 4.68 Å². The van der Waals surface area contributed by atoms with Gasteiger partial charge in [0.05, 0.1) is 10.7 Å². The van der Waals surface area contributed by atoms with Crippen LogP contribution in [-0.2, 0) is 6.54 Å². The van der Waals surface area contributed by atoms with Crippen molar-refractivity contribution in [3.63, 3.8) is 0 Å². The summed E-state index contributed by atoms with van der Waals surface area (Å²) < 4.78 is 2.95. The molecule has 1 aromatic rings. The molecule has 0 fully saturated rings. The molecule has 2 rings (SSSR count). The molecule has 1 aliphatic heterocycles. The average molecular weight is 246 g/mol. The van der Waals surface area contributed by atoms with Crippen molar-refractivity contribution < 1.29 is 5.11 Å². The maximum Gasteiger partial charge on any atom is 0.138 e. The Morgan fingerprint density at radius 1 is 1.77 bits per heavy atom. The molecule has 0 saturated carbocycles. The first-order valence-corrected chi connectivity index (χ1v) is 5.16. The van der Waals surface area contributed by atoms with E-state index in [0.29, 0.717) is 5.92 Å². The van der Waals surface area contributed by atoms with E-state index in [-0.39, 0.29) is 6.61 Å². The summed E-state index contributed by atoms with van der Waals surface area (Å²) in [5.74, 6) is 1.54. The second kappa shape index (κ2) is 3.67. The summed E-state index contributed by atoms with van der Waals surface area (Å²) in [5.41, 5.74) is 0. The third-order valence-electron chi connectivity index (χ3n) is 2.32. The van der Waals surface area contributed by atoms with Gasteiger partial charge in [-0.2, -0.15) is 5.10 Å². The number of nitrogens with zero attached hydrogens (tertiary/aromatic N) is 2. The number of fused-ring (bicyclic) bond motifs is 1. The Hall–Kier alpha value is -0.550. The van der Waals surface area contributed by atoms with Crippen LogP contribution in [0.1, 0.15) is 6.42 Å². The van der Waals surface area contributed by atoms with E-state index in [2.05, 4.69) is 26.3 Å². The largest absolute Gasteiger partial charge is 0.396 e. The van der Waals surface area contributed by atoms with Crippen molar-refractivity contribution in [2.24, 2.45) is 5.92 Å². The number of nitrogens with one attached hydrogen (secondary N) is 1. The number of hydrogen-bond donors (Lipinski definition) is 2. The van der Waals surface area contributed by atoms with Crippen LogP contribution in [0.5, 0.6) is 0 Å². The van der Waals surface area contributed by atoms with Crippen LogP contribution in [0.3, 0.4) is 0 Å². The summed E-state index contributed by atoms with van der Waals surface area (Å²) in [6, 6.07) is 0. The lowest BCUT2D eigenvalue weighted by Gasteiger charge is -2.24. The summed E-state index contributed by atoms with van der Waals surface area (Å²) in [6.45, 7) is 2.07. The highest BCUT2D eigenvalue weighted by Crippen LogP contribution is 2.26. The lowest BCUT2D eigenvalue weighted by Crippen LogP contribution is -2.28. The number of anilines is 1.